The Balaban J connectivity index is 1.73. The summed E-state index contributed by atoms with van der Waals surface area (Å²) in [5.41, 5.74) is 1.61. The van der Waals surface area contributed by atoms with Gasteiger partial charge in [0, 0.05) is 46.3 Å². The van der Waals surface area contributed by atoms with Crippen LogP contribution in [-0.2, 0) is 21.3 Å². The lowest BCUT2D eigenvalue weighted by Crippen LogP contribution is -2.25. The Morgan fingerprint density at radius 1 is 1.25 bits per heavy atom. The van der Waals surface area contributed by atoms with Crippen LogP contribution in [0.4, 0.5) is 11.4 Å². The number of hydrogen-bond donors (Lipinski definition) is 1. The van der Waals surface area contributed by atoms with Crippen LogP contribution >= 0.6 is 0 Å². The molecule has 0 aromatic heterocycles. The second kappa shape index (κ2) is 9.07. The quantitative estimate of drug-likeness (QED) is 0.588. The van der Waals surface area contributed by atoms with Crippen molar-refractivity contribution >= 4 is 28.1 Å². The third-order valence-corrected chi connectivity index (χ3v) is 6.53. The topological polar surface area (TPSA) is 98.5 Å². The molecule has 1 amide bonds. The van der Waals surface area contributed by atoms with Crippen LogP contribution in [0.5, 0.6) is 0 Å². The number of hydrogen-bond acceptors (Lipinski definition) is 5. The molecule has 2 aromatic carbocycles. The Bertz CT molecular complexity index is 909. The second-order valence-corrected chi connectivity index (χ2v) is 8.44. The van der Waals surface area contributed by atoms with E-state index < -0.39 is 21.6 Å². The van der Waals surface area contributed by atoms with E-state index in [0.29, 0.717) is 30.2 Å². The third-order valence-electron chi connectivity index (χ3n) is 4.70. The van der Waals surface area contributed by atoms with Gasteiger partial charge in [0.1, 0.15) is 5.56 Å². The van der Waals surface area contributed by atoms with E-state index in [1.807, 2.05) is 6.07 Å². The lowest BCUT2D eigenvalue weighted by molar-refractivity contribution is -0.385. The number of para-hydroxylation sites is 1. The summed E-state index contributed by atoms with van der Waals surface area (Å²) >= 11 is 0. The van der Waals surface area contributed by atoms with Gasteiger partial charge in [0.15, 0.2) is 0 Å². The van der Waals surface area contributed by atoms with Crippen LogP contribution in [0.25, 0.3) is 0 Å². The smallest absolute Gasteiger partial charge is 0.285 e. The van der Waals surface area contributed by atoms with Gasteiger partial charge in [0.2, 0.25) is 0 Å². The molecule has 148 valence electrons. The first-order valence-electron chi connectivity index (χ1n) is 9.05. The molecule has 1 fully saturated rings. The monoisotopic (exact) mass is 402 g/mol. The average Bonchev–Trinajstić information content (AvgIpc) is 2.68. The molecule has 28 heavy (non-hydrogen) atoms. The Kier molecular flexibility index (Phi) is 6.53. The number of aryl methyl sites for hydroxylation is 1. The van der Waals surface area contributed by atoms with Crippen molar-refractivity contribution in [2.24, 2.45) is 0 Å². The van der Waals surface area contributed by atoms with Gasteiger partial charge >= 0.3 is 0 Å². The number of nitrogens with zero attached hydrogens (tertiary/aromatic N) is 1. The lowest BCUT2D eigenvalue weighted by atomic mass is 10.1. The minimum Gasteiger partial charge on any atom is -0.381 e. The van der Waals surface area contributed by atoms with E-state index in [-0.39, 0.29) is 16.5 Å². The van der Waals surface area contributed by atoms with Crippen LogP contribution < -0.4 is 5.32 Å². The molecule has 1 aliphatic rings. The van der Waals surface area contributed by atoms with Crippen molar-refractivity contribution in [3.63, 3.8) is 0 Å². The first-order valence-corrected chi connectivity index (χ1v) is 10.4. The number of anilines is 1. The number of benzene rings is 2. The van der Waals surface area contributed by atoms with Crippen LogP contribution in [0.1, 0.15) is 34.3 Å². The van der Waals surface area contributed by atoms with Gasteiger partial charge in [-0.15, -0.1) is 0 Å². The summed E-state index contributed by atoms with van der Waals surface area (Å²) in [5, 5.41) is 14.1. The Morgan fingerprint density at radius 2 is 1.96 bits per heavy atom. The average molecular weight is 402 g/mol. The largest absolute Gasteiger partial charge is 0.381 e. The van der Waals surface area contributed by atoms with Crippen molar-refractivity contribution in [3.05, 3.63) is 69.3 Å². The van der Waals surface area contributed by atoms with Crippen LogP contribution in [-0.4, -0.2) is 33.5 Å². The van der Waals surface area contributed by atoms with Gasteiger partial charge in [-0.2, -0.15) is 0 Å². The maximum Gasteiger partial charge on any atom is 0.285 e. The minimum atomic E-state index is -1.01. The summed E-state index contributed by atoms with van der Waals surface area (Å²) in [4.78, 5) is 23.3. The van der Waals surface area contributed by atoms with Crippen LogP contribution in [0, 0.1) is 17.0 Å². The van der Waals surface area contributed by atoms with Crippen molar-refractivity contribution in [1.29, 1.82) is 0 Å². The van der Waals surface area contributed by atoms with Crippen molar-refractivity contribution in [3.8, 4) is 0 Å². The lowest BCUT2D eigenvalue weighted by Gasteiger charge is -2.21. The molecule has 2 aromatic rings. The number of amides is 1. The molecule has 1 saturated heterocycles. The predicted molar refractivity (Wildman–Crippen MR) is 108 cm³/mol. The van der Waals surface area contributed by atoms with Gasteiger partial charge in [-0.1, -0.05) is 24.3 Å². The molecule has 7 nitrogen and oxygen atoms in total. The first-order chi connectivity index (χ1) is 13.5. The van der Waals surface area contributed by atoms with Gasteiger partial charge < -0.3 is 10.1 Å². The molecule has 0 bridgehead atoms. The standard InChI is InChI=1S/C20H22N2O5S/c1-14-4-2-7-18(19(14)22(24)25)20(23)21-16-6-3-5-15(12-16)13-28(26)17-8-10-27-11-9-17/h2-7,12,17H,8-11,13H2,1H3,(H,21,23). The normalized spacial score (nSPS) is 15.8. The predicted octanol–water partition coefficient (Wildman–Crippen LogP) is 3.58. The Hall–Kier alpha value is -2.58. The molecule has 1 aliphatic heterocycles. The van der Waals surface area contributed by atoms with E-state index >= 15 is 0 Å². The molecule has 0 spiro atoms. The highest BCUT2D eigenvalue weighted by atomic mass is 32.2. The Labute approximate surface area is 165 Å². The number of ether oxygens (including phenoxy) is 1. The molecular weight excluding hydrogens is 380 g/mol. The number of carbonyl (C=O) groups is 1. The fourth-order valence-electron chi connectivity index (χ4n) is 3.24. The van der Waals surface area contributed by atoms with Gasteiger partial charge in [-0.3, -0.25) is 19.1 Å². The summed E-state index contributed by atoms with van der Waals surface area (Å²) in [6.07, 6.45) is 1.58. The zero-order chi connectivity index (χ0) is 20.1. The molecule has 1 unspecified atom stereocenters. The van der Waals surface area contributed by atoms with E-state index in [0.717, 1.165) is 18.4 Å². The van der Waals surface area contributed by atoms with Crippen molar-refractivity contribution < 1.29 is 18.7 Å². The highest BCUT2D eigenvalue weighted by Gasteiger charge is 2.23. The zero-order valence-electron chi connectivity index (χ0n) is 15.6. The van der Waals surface area contributed by atoms with Crippen molar-refractivity contribution in [2.75, 3.05) is 18.5 Å². The van der Waals surface area contributed by atoms with Crippen LogP contribution in [0.15, 0.2) is 42.5 Å². The first kappa shape index (κ1) is 20.2. The molecule has 3 rings (SSSR count). The summed E-state index contributed by atoms with van der Waals surface area (Å²) in [7, 11) is -1.01. The van der Waals surface area contributed by atoms with E-state index in [9.17, 15) is 19.1 Å². The zero-order valence-corrected chi connectivity index (χ0v) is 16.4. The number of rotatable bonds is 6. The fourth-order valence-corrected chi connectivity index (χ4v) is 4.70. The summed E-state index contributed by atoms with van der Waals surface area (Å²) in [5.74, 6) is -0.142. The minimum absolute atomic E-state index is 0.0150. The maximum atomic E-state index is 12.6. The van der Waals surface area contributed by atoms with Crippen LogP contribution in [0.3, 0.4) is 0 Å². The maximum absolute atomic E-state index is 12.6. The van der Waals surface area contributed by atoms with Gasteiger partial charge in [0.25, 0.3) is 11.6 Å². The van der Waals surface area contributed by atoms with Crippen molar-refractivity contribution in [2.45, 2.75) is 30.8 Å². The molecule has 1 heterocycles. The Morgan fingerprint density at radius 3 is 2.68 bits per heavy atom. The summed E-state index contributed by atoms with van der Waals surface area (Å²) in [6.45, 7) is 2.88. The summed E-state index contributed by atoms with van der Waals surface area (Å²) in [6, 6.07) is 11.8. The van der Waals surface area contributed by atoms with E-state index in [1.54, 1.807) is 37.3 Å². The number of nitro benzene ring substituents is 1. The fraction of sp³-hybridized carbons (Fsp3) is 0.350. The van der Waals surface area contributed by atoms with E-state index in [1.165, 1.54) is 6.07 Å². The molecule has 0 aliphatic carbocycles. The summed E-state index contributed by atoms with van der Waals surface area (Å²) < 4.78 is 17.9. The number of nitrogens with one attached hydrogen (secondary N) is 1. The molecule has 1 N–H and O–H groups in total. The van der Waals surface area contributed by atoms with Crippen molar-refractivity contribution in [1.82, 2.24) is 0 Å². The molecule has 0 saturated carbocycles. The number of carbonyl (C=O) groups excluding carboxylic acids is 1. The highest BCUT2D eigenvalue weighted by Crippen LogP contribution is 2.25. The highest BCUT2D eigenvalue weighted by molar-refractivity contribution is 7.84. The SMILES string of the molecule is Cc1cccc(C(=O)Nc2cccc(CS(=O)C3CCOCC3)c2)c1[N+](=O)[O-]. The van der Waals surface area contributed by atoms with Gasteiger partial charge in [0.05, 0.1) is 4.92 Å². The van der Waals surface area contributed by atoms with E-state index in [4.69, 9.17) is 4.74 Å². The molecular formula is C20H22N2O5S. The van der Waals surface area contributed by atoms with E-state index in [2.05, 4.69) is 5.32 Å². The number of nitro groups is 1. The van der Waals surface area contributed by atoms with Crippen LogP contribution in [0.2, 0.25) is 0 Å². The third kappa shape index (κ3) is 4.82. The van der Waals surface area contributed by atoms with Gasteiger partial charge in [-0.05, 0) is 43.5 Å². The molecule has 1 atom stereocenters. The molecule has 0 radical (unpaired) electrons. The molecule has 8 heteroatoms. The second-order valence-electron chi connectivity index (χ2n) is 6.72. The van der Waals surface area contributed by atoms with Gasteiger partial charge in [-0.25, -0.2) is 0 Å².